The summed E-state index contributed by atoms with van der Waals surface area (Å²) in [5, 5.41) is 0. The first-order chi connectivity index (χ1) is 9.64. The maximum absolute atomic E-state index is 6.16. The van der Waals surface area contributed by atoms with Crippen LogP contribution in [-0.2, 0) is 11.3 Å². The van der Waals surface area contributed by atoms with Crippen molar-refractivity contribution >= 4 is 15.9 Å². The lowest BCUT2D eigenvalue weighted by Crippen LogP contribution is -2.61. The molecule has 1 fully saturated rings. The smallest absolute Gasteiger partial charge is 0.0767 e. The van der Waals surface area contributed by atoms with Crippen LogP contribution in [-0.4, -0.2) is 37.2 Å². The molecule has 0 amide bonds. The molecule has 1 saturated carbocycles. The minimum atomic E-state index is -0.0394. The molecule has 1 aromatic rings. The highest BCUT2D eigenvalue weighted by atomic mass is 79.9. The molecule has 112 valence electrons. The molecule has 1 aliphatic carbocycles. The van der Waals surface area contributed by atoms with Crippen LogP contribution in [0.1, 0.15) is 31.2 Å². The third-order valence-corrected chi connectivity index (χ3v) is 5.46. The lowest BCUT2D eigenvalue weighted by Gasteiger charge is -2.49. The Labute approximate surface area is 130 Å². The number of ether oxygens (including phenoxy) is 1. The molecule has 0 spiro atoms. The zero-order chi connectivity index (χ0) is 14.6. The van der Waals surface area contributed by atoms with Crippen LogP contribution in [0.4, 0.5) is 0 Å². The maximum atomic E-state index is 6.16. The molecule has 2 rings (SSSR count). The molecule has 2 unspecified atom stereocenters. The SMILES string of the molecule is COC1CCCCC1(CN)N(C)Cc1ccccc1Br. The molecule has 0 bridgehead atoms. The van der Waals surface area contributed by atoms with Gasteiger partial charge in [-0.25, -0.2) is 0 Å². The Hall–Kier alpha value is -0.420. The Morgan fingerprint density at radius 1 is 1.40 bits per heavy atom. The molecule has 3 nitrogen and oxygen atoms in total. The number of hydrogen-bond donors (Lipinski definition) is 1. The summed E-state index contributed by atoms with van der Waals surface area (Å²) < 4.78 is 6.91. The van der Waals surface area contributed by atoms with Gasteiger partial charge in [-0.2, -0.15) is 0 Å². The highest BCUT2D eigenvalue weighted by Gasteiger charge is 2.43. The normalized spacial score (nSPS) is 26.9. The number of benzene rings is 1. The minimum Gasteiger partial charge on any atom is -0.379 e. The van der Waals surface area contributed by atoms with Crippen LogP contribution in [0, 0.1) is 0 Å². The van der Waals surface area contributed by atoms with Gasteiger partial charge in [0.2, 0.25) is 0 Å². The van der Waals surface area contributed by atoms with Crippen LogP contribution in [0.2, 0.25) is 0 Å². The molecule has 20 heavy (non-hydrogen) atoms. The van der Waals surface area contributed by atoms with Crippen LogP contribution >= 0.6 is 15.9 Å². The predicted molar refractivity (Wildman–Crippen MR) is 86.7 cm³/mol. The molecule has 0 aromatic heterocycles. The fourth-order valence-corrected chi connectivity index (χ4v) is 3.80. The molecular weight excluding hydrogens is 316 g/mol. The average molecular weight is 341 g/mol. The third-order valence-electron chi connectivity index (χ3n) is 4.69. The number of hydrogen-bond acceptors (Lipinski definition) is 3. The van der Waals surface area contributed by atoms with E-state index in [4.69, 9.17) is 10.5 Å². The van der Waals surface area contributed by atoms with E-state index in [1.165, 1.54) is 18.4 Å². The van der Waals surface area contributed by atoms with E-state index in [9.17, 15) is 0 Å². The van der Waals surface area contributed by atoms with Crippen molar-refractivity contribution in [2.24, 2.45) is 5.73 Å². The summed E-state index contributed by atoms with van der Waals surface area (Å²) in [6.07, 6.45) is 4.92. The molecule has 0 radical (unpaired) electrons. The van der Waals surface area contributed by atoms with E-state index >= 15 is 0 Å². The van der Waals surface area contributed by atoms with Crippen LogP contribution in [0.3, 0.4) is 0 Å². The second-order valence-electron chi connectivity index (χ2n) is 5.73. The van der Waals surface area contributed by atoms with Gasteiger partial charge in [-0.3, -0.25) is 4.90 Å². The lowest BCUT2D eigenvalue weighted by atomic mass is 9.77. The van der Waals surface area contributed by atoms with Gasteiger partial charge < -0.3 is 10.5 Å². The Balaban J connectivity index is 2.20. The number of nitrogens with zero attached hydrogens (tertiary/aromatic N) is 1. The molecule has 0 heterocycles. The van der Waals surface area contributed by atoms with Gasteiger partial charge in [0.25, 0.3) is 0 Å². The number of nitrogens with two attached hydrogens (primary N) is 1. The van der Waals surface area contributed by atoms with Gasteiger partial charge in [0.1, 0.15) is 0 Å². The van der Waals surface area contributed by atoms with E-state index in [0.29, 0.717) is 6.54 Å². The zero-order valence-corrected chi connectivity index (χ0v) is 14.0. The van der Waals surface area contributed by atoms with Crippen molar-refractivity contribution in [3.8, 4) is 0 Å². The molecule has 0 aliphatic heterocycles. The van der Waals surface area contributed by atoms with Crippen LogP contribution in [0.15, 0.2) is 28.7 Å². The first-order valence-corrected chi connectivity index (χ1v) is 8.11. The second-order valence-corrected chi connectivity index (χ2v) is 6.58. The van der Waals surface area contributed by atoms with E-state index in [-0.39, 0.29) is 11.6 Å². The molecule has 2 N–H and O–H groups in total. The van der Waals surface area contributed by atoms with Gasteiger partial charge in [-0.05, 0) is 31.5 Å². The number of halogens is 1. The van der Waals surface area contributed by atoms with Crippen molar-refractivity contribution in [3.63, 3.8) is 0 Å². The Kier molecular flexibility index (Phi) is 5.61. The zero-order valence-electron chi connectivity index (χ0n) is 12.4. The highest BCUT2D eigenvalue weighted by molar-refractivity contribution is 9.10. The molecule has 2 atom stereocenters. The second kappa shape index (κ2) is 7.03. The van der Waals surface area contributed by atoms with E-state index in [1.807, 2.05) is 13.2 Å². The van der Waals surface area contributed by atoms with Gasteiger partial charge in [0.05, 0.1) is 11.6 Å². The first-order valence-electron chi connectivity index (χ1n) is 7.31. The van der Waals surface area contributed by atoms with E-state index < -0.39 is 0 Å². The fraction of sp³-hybridized carbons (Fsp3) is 0.625. The topological polar surface area (TPSA) is 38.5 Å². The monoisotopic (exact) mass is 340 g/mol. The van der Waals surface area contributed by atoms with Crippen molar-refractivity contribution in [2.45, 2.75) is 43.9 Å². The largest absolute Gasteiger partial charge is 0.379 e. The van der Waals surface area contributed by atoms with Gasteiger partial charge >= 0.3 is 0 Å². The van der Waals surface area contributed by atoms with Crippen LogP contribution < -0.4 is 5.73 Å². The summed E-state index contributed by atoms with van der Waals surface area (Å²) in [6.45, 7) is 1.53. The maximum Gasteiger partial charge on any atom is 0.0767 e. The molecular formula is C16H25BrN2O. The standard InChI is InChI=1S/C16H25BrN2O/c1-19(11-13-7-3-4-8-14(13)17)16(12-18)10-6-5-9-15(16)20-2/h3-4,7-8,15H,5-6,9-12,18H2,1-2H3. The predicted octanol–water partition coefficient (Wildman–Crippen LogP) is 3.17. The summed E-state index contributed by atoms with van der Waals surface area (Å²) in [6, 6.07) is 8.38. The molecule has 0 saturated heterocycles. The van der Waals surface area contributed by atoms with E-state index in [0.717, 1.165) is 23.9 Å². The van der Waals surface area contributed by atoms with Crippen molar-refractivity contribution in [2.75, 3.05) is 20.7 Å². The highest BCUT2D eigenvalue weighted by Crippen LogP contribution is 2.35. The Morgan fingerprint density at radius 3 is 2.80 bits per heavy atom. The van der Waals surface area contributed by atoms with Crippen molar-refractivity contribution < 1.29 is 4.74 Å². The van der Waals surface area contributed by atoms with Crippen LogP contribution in [0.5, 0.6) is 0 Å². The Morgan fingerprint density at radius 2 is 2.15 bits per heavy atom. The summed E-state index contributed by atoms with van der Waals surface area (Å²) in [4.78, 5) is 2.39. The fourth-order valence-electron chi connectivity index (χ4n) is 3.39. The molecule has 1 aromatic carbocycles. The molecule has 1 aliphatic rings. The number of rotatable bonds is 5. The quantitative estimate of drug-likeness (QED) is 0.894. The summed E-state index contributed by atoms with van der Waals surface area (Å²) >= 11 is 3.63. The number of likely N-dealkylation sites (N-methyl/N-ethyl adjacent to an activating group) is 1. The van der Waals surface area contributed by atoms with Gasteiger partial charge in [0.15, 0.2) is 0 Å². The van der Waals surface area contributed by atoms with Crippen molar-refractivity contribution in [1.29, 1.82) is 0 Å². The van der Waals surface area contributed by atoms with E-state index in [1.54, 1.807) is 0 Å². The summed E-state index contributed by atoms with van der Waals surface area (Å²) in [7, 11) is 3.98. The average Bonchev–Trinajstić information content (AvgIpc) is 2.49. The van der Waals surface area contributed by atoms with Gasteiger partial charge in [-0.15, -0.1) is 0 Å². The molecule has 4 heteroatoms. The number of methoxy groups -OCH3 is 1. The lowest BCUT2D eigenvalue weighted by molar-refractivity contribution is -0.0688. The first kappa shape index (κ1) is 16.0. The third kappa shape index (κ3) is 3.08. The van der Waals surface area contributed by atoms with Gasteiger partial charge in [-0.1, -0.05) is 47.0 Å². The summed E-state index contributed by atoms with van der Waals surface area (Å²) in [5.74, 6) is 0. The van der Waals surface area contributed by atoms with Crippen molar-refractivity contribution in [3.05, 3.63) is 34.3 Å². The van der Waals surface area contributed by atoms with Crippen LogP contribution in [0.25, 0.3) is 0 Å². The van der Waals surface area contributed by atoms with E-state index in [2.05, 4.69) is 46.1 Å². The van der Waals surface area contributed by atoms with Crippen molar-refractivity contribution in [1.82, 2.24) is 4.90 Å². The minimum absolute atomic E-state index is 0.0394. The Bertz CT molecular complexity index is 440. The summed E-state index contributed by atoms with van der Waals surface area (Å²) in [5.41, 5.74) is 7.42. The van der Waals surface area contributed by atoms with Gasteiger partial charge in [0, 0.05) is 24.7 Å².